The van der Waals surface area contributed by atoms with E-state index in [0.29, 0.717) is 18.9 Å². The largest absolute Gasteiger partial charge is 0.481 e. The first-order valence-corrected chi connectivity index (χ1v) is 7.12. The number of carbonyl (C=O) groups is 1. The quantitative estimate of drug-likeness (QED) is 0.526. The van der Waals surface area contributed by atoms with Gasteiger partial charge in [-0.25, -0.2) is 4.98 Å². The van der Waals surface area contributed by atoms with Gasteiger partial charge in [-0.1, -0.05) is 12.5 Å². The molecule has 0 radical (unpaired) electrons. The summed E-state index contributed by atoms with van der Waals surface area (Å²) in [5.74, 6) is 0.572. The molecule has 1 aromatic rings. The Bertz CT molecular complexity index is 396. The highest BCUT2D eigenvalue weighted by Gasteiger charge is 2.03. The van der Waals surface area contributed by atoms with Crippen LogP contribution in [0.2, 0.25) is 0 Å². The first kappa shape index (κ1) is 16.4. The van der Waals surface area contributed by atoms with E-state index in [1.807, 2.05) is 19.1 Å². The number of carbonyl (C=O) groups excluding carboxylic acids is 1. The smallest absolute Gasteiger partial charge is 0.305 e. The topological polar surface area (TPSA) is 60.5 Å². The molecule has 1 N–H and O–H groups in total. The number of ether oxygens (including phenoxy) is 2. The molecule has 0 amide bonds. The molecule has 1 aromatic heterocycles. The van der Waals surface area contributed by atoms with Gasteiger partial charge in [0.25, 0.3) is 0 Å². The lowest BCUT2D eigenvalue weighted by atomic mass is 10.2. The number of unbranched alkanes of at least 4 members (excludes halogenated alkanes) is 2. The second-order valence-electron chi connectivity index (χ2n) is 4.46. The summed E-state index contributed by atoms with van der Waals surface area (Å²) in [4.78, 5) is 15.3. The molecule has 0 bridgehead atoms. The zero-order chi connectivity index (χ0) is 14.6. The first-order chi connectivity index (χ1) is 9.77. The Hall–Kier alpha value is -1.62. The molecule has 0 unspecified atom stereocenters. The monoisotopic (exact) mass is 280 g/mol. The zero-order valence-corrected chi connectivity index (χ0v) is 12.4. The minimum absolute atomic E-state index is 0.0967. The molecular weight excluding hydrogens is 256 g/mol. The summed E-state index contributed by atoms with van der Waals surface area (Å²) < 4.78 is 10.1. The van der Waals surface area contributed by atoms with Crippen molar-refractivity contribution >= 4 is 5.97 Å². The van der Waals surface area contributed by atoms with Crippen molar-refractivity contribution in [2.75, 3.05) is 20.3 Å². The molecule has 20 heavy (non-hydrogen) atoms. The molecule has 0 aliphatic carbocycles. The Morgan fingerprint density at radius 2 is 2.20 bits per heavy atom. The average molecular weight is 280 g/mol. The van der Waals surface area contributed by atoms with Gasteiger partial charge in [0.05, 0.1) is 13.7 Å². The fourth-order valence-electron chi connectivity index (χ4n) is 1.89. The van der Waals surface area contributed by atoms with Gasteiger partial charge < -0.3 is 14.8 Å². The number of nitrogens with one attached hydrogen (secondary N) is 1. The fraction of sp³-hybridized carbons (Fsp3) is 0.600. The van der Waals surface area contributed by atoms with Crippen molar-refractivity contribution in [1.29, 1.82) is 0 Å². The van der Waals surface area contributed by atoms with Gasteiger partial charge >= 0.3 is 5.97 Å². The van der Waals surface area contributed by atoms with Crippen LogP contribution in [0, 0.1) is 0 Å². The number of pyridine rings is 1. The van der Waals surface area contributed by atoms with Crippen LogP contribution in [0.3, 0.4) is 0 Å². The van der Waals surface area contributed by atoms with Crippen molar-refractivity contribution < 1.29 is 14.3 Å². The van der Waals surface area contributed by atoms with Crippen molar-refractivity contribution in [1.82, 2.24) is 10.3 Å². The van der Waals surface area contributed by atoms with E-state index in [9.17, 15) is 4.79 Å². The summed E-state index contributed by atoms with van der Waals surface area (Å²) in [6.45, 7) is 3.96. The first-order valence-electron chi connectivity index (χ1n) is 7.12. The molecule has 0 saturated heterocycles. The molecule has 0 saturated carbocycles. The maximum Gasteiger partial charge on any atom is 0.305 e. The van der Waals surface area contributed by atoms with E-state index in [4.69, 9.17) is 9.47 Å². The Balaban J connectivity index is 2.06. The highest BCUT2D eigenvalue weighted by molar-refractivity contribution is 5.69. The summed E-state index contributed by atoms with van der Waals surface area (Å²) in [5.41, 5.74) is 1.06. The van der Waals surface area contributed by atoms with Crippen LogP contribution in [0.25, 0.3) is 0 Å². The molecule has 1 heterocycles. The van der Waals surface area contributed by atoms with Crippen LogP contribution < -0.4 is 10.1 Å². The number of esters is 1. The molecule has 5 nitrogen and oxygen atoms in total. The van der Waals surface area contributed by atoms with Crippen LogP contribution in [0.5, 0.6) is 5.88 Å². The molecule has 0 spiro atoms. The van der Waals surface area contributed by atoms with E-state index < -0.39 is 0 Å². The SMILES string of the molecule is CCOC(=O)CCCCCNCc1cccnc1OC. The Kier molecular flexibility index (Phi) is 8.38. The minimum Gasteiger partial charge on any atom is -0.481 e. The second-order valence-corrected chi connectivity index (χ2v) is 4.46. The second kappa shape index (κ2) is 10.2. The van der Waals surface area contributed by atoms with Gasteiger partial charge in [0, 0.05) is 24.7 Å². The maximum absolute atomic E-state index is 11.1. The maximum atomic E-state index is 11.1. The summed E-state index contributed by atoms with van der Waals surface area (Å²) in [5, 5.41) is 3.35. The number of aromatic nitrogens is 1. The third-order valence-corrected chi connectivity index (χ3v) is 2.90. The van der Waals surface area contributed by atoms with Crippen LogP contribution in [0.1, 0.15) is 38.2 Å². The van der Waals surface area contributed by atoms with Crippen LogP contribution in [0.4, 0.5) is 0 Å². The number of methoxy groups -OCH3 is 1. The lowest BCUT2D eigenvalue weighted by Crippen LogP contribution is -2.15. The average Bonchev–Trinajstić information content (AvgIpc) is 2.47. The van der Waals surface area contributed by atoms with E-state index in [-0.39, 0.29) is 5.97 Å². The van der Waals surface area contributed by atoms with E-state index in [0.717, 1.165) is 37.9 Å². The van der Waals surface area contributed by atoms with Crippen LogP contribution in [-0.4, -0.2) is 31.2 Å². The van der Waals surface area contributed by atoms with Crippen molar-refractivity contribution in [3.05, 3.63) is 23.9 Å². The third-order valence-electron chi connectivity index (χ3n) is 2.90. The van der Waals surface area contributed by atoms with Crippen LogP contribution in [-0.2, 0) is 16.1 Å². The van der Waals surface area contributed by atoms with Crippen LogP contribution in [0.15, 0.2) is 18.3 Å². The Morgan fingerprint density at radius 3 is 2.95 bits per heavy atom. The number of hydrogen-bond acceptors (Lipinski definition) is 5. The van der Waals surface area contributed by atoms with Gasteiger partial charge in [0.15, 0.2) is 0 Å². The molecule has 112 valence electrons. The van der Waals surface area contributed by atoms with Gasteiger partial charge in [0.2, 0.25) is 5.88 Å². The van der Waals surface area contributed by atoms with Gasteiger partial charge in [-0.05, 0) is 32.4 Å². The third kappa shape index (κ3) is 6.52. The summed E-state index contributed by atoms with van der Waals surface area (Å²) in [6, 6.07) is 3.90. The highest BCUT2D eigenvalue weighted by atomic mass is 16.5. The number of hydrogen-bond donors (Lipinski definition) is 1. The van der Waals surface area contributed by atoms with Gasteiger partial charge in [-0.3, -0.25) is 4.79 Å². The fourth-order valence-corrected chi connectivity index (χ4v) is 1.89. The highest BCUT2D eigenvalue weighted by Crippen LogP contribution is 2.12. The lowest BCUT2D eigenvalue weighted by Gasteiger charge is -2.08. The van der Waals surface area contributed by atoms with Crippen molar-refractivity contribution in [3.63, 3.8) is 0 Å². The molecule has 1 rings (SSSR count). The zero-order valence-electron chi connectivity index (χ0n) is 12.4. The summed E-state index contributed by atoms with van der Waals surface area (Å²) in [6.07, 6.45) is 5.19. The number of nitrogens with zero attached hydrogens (tertiary/aromatic N) is 1. The Morgan fingerprint density at radius 1 is 1.35 bits per heavy atom. The normalized spacial score (nSPS) is 10.3. The molecular formula is C15H24N2O3. The van der Waals surface area contributed by atoms with E-state index in [2.05, 4.69) is 10.3 Å². The molecule has 0 aromatic carbocycles. The molecule has 0 aliphatic heterocycles. The van der Waals surface area contributed by atoms with Crippen LogP contribution >= 0.6 is 0 Å². The predicted molar refractivity (Wildman–Crippen MR) is 77.6 cm³/mol. The van der Waals surface area contributed by atoms with Gasteiger partial charge in [-0.2, -0.15) is 0 Å². The summed E-state index contributed by atoms with van der Waals surface area (Å²) >= 11 is 0. The lowest BCUT2D eigenvalue weighted by molar-refractivity contribution is -0.143. The van der Waals surface area contributed by atoms with E-state index in [1.165, 1.54) is 0 Å². The summed E-state index contributed by atoms with van der Waals surface area (Å²) in [7, 11) is 1.63. The van der Waals surface area contributed by atoms with Crippen molar-refractivity contribution in [2.45, 2.75) is 39.2 Å². The van der Waals surface area contributed by atoms with Crippen molar-refractivity contribution in [3.8, 4) is 5.88 Å². The minimum atomic E-state index is -0.0967. The molecule has 0 fully saturated rings. The van der Waals surface area contributed by atoms with E-state index in [1.54, 1.807) is 13.3 Å². The van der Waals surface area contributed by atoms with Gasteiger partial charge in [-0.15, -0.1) is 0 Å². The number of rotatable bonds is 10. The van der Waals surface area contributed by atoms with Gasteiger partial charge in [0.1, 0.15) is 0 Å². The van der Waals surface area contributed by atoms with E-state index >= 15 is 0 Å². The molecule has 5 heteroatoms. The Labute approximate surface area is 120 Å². The van der Waals surface area contributed by atoms with Crippen molar-refractivity contribution in [2.24, 2.45) is 0 Å². The predicted octanol–water partition coefficient (Wildman–Crippen LogP) is 2.30. The molecule has 0 atom stereocenters. The molecule has 0 aliphatic rings. The standard InChI is InChI=1S/C15H24N2O3/c1-3-20-14(18)9-5-4-6-10-16-12-13-8-7-11-17-15(13)19-2/h7-8,11,16H,3-6,9-10,12H2,1-2H3.